The van der Waals surface area contributed by atoms with E-state index in [0.717, 1.165) is 29.8 Å². The van der Waals surface area contributed by atoms with Crippen molar-refractivity contribution in [2.24, 2.45) is 0 Å². The van der Waals surface area contributed by atoms with E-state index < -0.39 is 0 Å². The molecule has 0 amide bonds. The first kappa shape index (κ1) is 12.2. The Hall–Kier alpha value is -1.90. The van der Waals surface area contributed by atoms with Gasteiger partial charge < -0.3 is 0 Å². The first-order valence-corrected chi connectivity index (χ1v) is 6.76. The Kier molecular flexibility index (Phi) is 2.77. The minimum absolute atomic E-state index is 0.231. The van der Waals surface area contributed by atoms with Crippen LogP contribution in [0.1, 0.15) is 45.6 Å². The fourth-order valence-electron chi connectivity index (χ4n) is 3.10. The van der Waals surface area contributed by atoms with Gasteiger partial charge in [-0.2, -0.15) is 5.10 Å². The Labute approximate surface area is 113 Å². The maximum atomic E-state index is 11.9. The van der Waals surface area contributed by atoms with Crippen LogP contribution in [0, 0.1) is 20.8 Å². The number of ketones is 1. The fourth-order valence-corrected chi connectivity index (χ4v) is 3.10. The van der Waals surface area contributed by atoms with Crippen molar-refractivity contribution in [3.05, 3.63) is 46.3 Å². The summed E-state index contributed by atoms with van der Waals surface area (Å²) >= 11 is 0. The number of benzene rings is 1. The molecule has 0 spiro atoms. The van der Waals surface area contributed by atoms with Crippen LogP contribution in [-0.2, 0) is 6.42 Å². The highest BCUT2D eigenvalue weighted by atomic mass is 16.1. The maximum absolute atomic E-state index is 11.9. The third-order valence-electron chi connectivity index (χ3n) is 3.83. The van der Waals surface area contributed by atoms with Crippen LogP contribution in [-0.4, -0.2) is 15.6 Å². The van der Waals surface area contributed by atoms with Crippen LogP contribution in [0.25, 0.3) is 5.69 Å². The number of fused-ring (bicyclic) bond motifs is 1. The minimum atomic E-state index is 0.231. The molecule has 3 heteroatoms. The van der Waals surface area contributed by atoms with E-state index in [1.54, 1.807) is 6.20 Å². The van der Waals surface area contributed by atoms with Gasteiger partial charge in [0.1, 0.15) is 0 Å². The molecule has 0 N–H and O–H groups in total. The molecule has 1 aliphatic carbocycles. The van der Waals surface area contributed by atoms with E-state index in [4.69, 9.17) is 0 Å². The number of rotatable bonds is 1. The van der Waals surface area contributed by atoms with E-state index in [9.17, 15) is 4.79 Å². The van der Waals surface area contributed by atoms with E-state index in [2.05, 4.69) is 38.0 Å². The van der Waals surface area contributed by atoms with Crippen molar-refractivity contribution in [2.75, 3.05) is 0 Å². The number of carbonyl (C=O) groups excluding carboxylic acids is 1. The number of aryl methyl sites for hydroxylation is 3. The van der Waals surface area contributed by atoms with Crippen LogP contribution >= 0.6 is 0 Å². The van der Waals surface area contributed by atoms with E-state index in [1.807, 2.05) is 4.68 Å². The molecule has 19 heavy (non-hydrogen) atoms. The molecule has 0 atom stereocenters. The standard InChI is InChI=1S/C16H18N2O/c1-10-7-11(2)16(12(3)8-10)18-14-5-4-6-15(19)13(14)9-17-18/h7-9H,4-6H2,1-3H3. The van der Waals surface area contributed by atoms with Gasteiger partial charge in [-0.15, -0.1) is 0 Å². The molecule has 0 unspecified atom stereocenters. The third kappa shape index (κ3) is 1.89. The molecule has 1 aliphatic rings. The largest absolute Gasteiger partial charge is 0.294 e. The summed E-state index contributed by atoms with van der Waals surface area (Å²) in [6.45, 7) is 6.31. The Morgan fingerprint density at radius 3 is 2.47 bits per heavy atom. The highest BCUT2D eigenvalue weighted by Gasteiger charge is 2.23. The van der Waals surface area contributed by atoms with Gasteiger partial charge in [0, 0.05) is 6.42 Å². The predicted octanol–water partition coefficient (Wildman–Crippen LogP) is 3.32. The van der Waals surface area contributed by atoms with E-state index in [1.165, 1.54) is 16.7 Å². The summed E-state index contributed by atoms with van der Waals surface area (Å²) in [5.41, 5.74) is 6.69. The zero-order valence-electron chi connectivity index (χ0n) is 11.7. The van der Waals surface area contributed by atoms with Gasteiger partial charge in [0.15, 0.2) is 5.78 Å². The third-order valence-corrected chi connectivity index (χ3v) is 3.83. The first-order valence-electron chi connectivity index (χ1n) is 6.76. The van der Waals surface area contributed by atoms with Crippen molar-refractivity contribution in [3.63, 3.8) is 0 Å². The van der Waals surface area contributed by atoms with Crippen molar-refractivity contribution >= 4 is 5.78 Å². The van der Waals surface area contributed by atoms with Gasteiger partial charge in [-0.05, 0) is 44.7 Å². The summed E-state index contributed by atoms with van der Waals surface area (Å²) in [4.78, 5) is 11.9. The molecule has 3 nitrogen and oxygen atoms in total. The van der Waals surface area contributed by atoms with Crippen LogP contribution in [0.15, 0.2) is 18.3 Å². The molecule has 0 aliphatic heterocycles. The van der Waals surface area contributed by atoms with Crippen LogP contribution in [0.3, 0.4) is 0 Å². The zero-order valence-corrected chi connectivity index (χ0v) is 11.7. The minimum Gasteiger partial charge on any atom is -0.294 e. The lowest BCUT2D eigenvalue weighted by Crippen LogP contribution is -2.14. The quantitative estimate of drug-likeness (QED) is 0.782. The predicted molar refractivity (Wildman–Crippen MR) is 75.0 cm³/mol. The lowest BCUT2D eigenvalue weighted by atomic mass is 9.96. The number of hydrogen-bond acceptors (Lipinski definition) is 2. The van der Waals surface area contributed by atoms with Gasteiger partial charge in [-0.25, -0.2) is 4.68 Å². The van der Waals surface area contributed by atoms with Gasteiger partial charge in [-0.3, -0.25) is 4.79 Å². The van der Waals surface area contributed by atoms with Crippen molar-refractivity contribution in [1.29, 1.82) is 0 Å². The number of aromatic nitrogens is 2. The summed E-state index contributed by atoms with van der Waals surface area (Å²) < 4.78 is 1.97. The summed E-state index contributed by atoms with van der Waals surface area (Å²) in [5.74, 6) is 0.231. The first-order chi connectivity index (χ1) is 9.08. The molecule has 1 aromatic carbocycles. The summed E-state index contributed by atoms with van der Waals surface area (Å²) in [7, 11) is 0. The molecule has 0 fully saturated rings. The topological polar surface area (TPSA) is 34.9 Å². The highest BCUT2D eigenvalue weighted by molar-refractivity contribution is 5.98. The van der Waals surface area contributed by atoms with Crippen LogP contribution in [0.5, 0.6) is 0 Å². The van der Waals surface area contributed by atoms with Crippen molar-refractivity contribution in [3.8, 4) is 5.69 Å². The smallest absolute Gasteiger partial charge is 0.166 e. The van der Waals surface area contributed by atoms with Crippen LogP contribution < -0.4 is 0 Å². The molecular weight excluding hydrogens is 236 g/mol. The number of Topliss-reactive ketones (excluding diaryl/α,β-unsaturated/α-hetero) is 1. The molecule has 0 bridgehead atoms. The lowest BCUT2D eigenvalue weighted by Gasteiger charge is -2.17. The normalized spacial score (nSPS) is 14.6. The van der Waals surface area contributed by atoms with Gasteiger partial charge in [0.2, 0.25) is 0 Å². The zero-order chi connectivity index (χ0) is 13.6. The Bertz CT molecular complexity index is 644. The van der Waals surface area contributed by atoms with Crippen LogP contribution in [0.4, 0.5) is 0 Å². The Morgan fingerprint density at radius 2 is 1.79 bits per heavy atom. The van der Waals surface area contributed by atoms with Gasteiger partial charge in [0.05, 0.1) is 23.1 Å². The Balaban J connectivity index is 2.21. The van der Waals surface area contributed by atoms with Gasteiger partial charge in [0.25, 0.3) is 0 Å². The fraction of sp³-hybridized carbons (Fsp3) is 0.375. The Morgan fingerprint density at radius 1 is 1.11 bits per heavy atom. The molecule has 0 saturated heterocycles. The molecular formula is C16H18N2O. The number of nitrogens with zero attached hydrogens (tertiary/aromatic N) is 2. The average Bonchev–Trinajstić information content (AvgIpc) is 2.73. The highest BCUT2D eigenvalue weighted by Crippen LogP contribution is 2.27. The van der Waals surface area contributed by atoms with Crippen molar-refractivity contribution < 1.29 is 4.79 Å². The second-order valence-corrected chi connectivity index (χ2v) is 5.44. The van der Waals surface area contributed by atoms with E-state index in [-0.39, 0.29) is 5.78 Å². The molecule has 3 rings (SSSR count). The van der Waals surface area contributed by atoms with Gasteiger partial charge in [-0.1, -0.05) is 17.7 Å². The molecule has 1 heterocycles. The summed E-state index contributed by atoms with van der Waals surface area (Å²) in [6, 6.07) is 4.34. The van der Waals surface area contributed by atoms with E-state index in [0.29, 0.717) is 6.42 Å². The average molecular weight is 254 g/mol. The molecule has 2 aromatic rings. The van der Waals surface area contributed by atoms with Crippen LogP contribution in [0.2, 0.25) is 0 Å². The summed E-state index contributed by atoms with van der Waals surface area (Å²) in [5, 5.41) is 4.47. The second kappa shape index (κ2) is 4.34. The lowest BCUT2D eigenvalue weighted by molar-refractivity contribution is 0.0972. The molecule has 0 saturated carbocycles. The second-order valence-electron chi connectivity index (χ2n) is 5.44. The molecule has 1 aromatic heterocycles. The van der Waals surface area contributed by atoms with Crippen molar-refractivity contribution in [2.45, 2.75) is 40.0 Å². The summed E-state index contributed by atoms with van der Waals surface area (Å²) in [6.07, 6.45) is 4.26. The molecule has 98 valence electrons. The number of carbonyl (C=O) groups is 1. The monoisotopic (exact) mass is 254 g/mol. The van der Waals surface area contributed by atoms with Crippen molar-refractivity contribution in [1.82, 2.24) is 9.78 Å². The van der Waals surface area contributed by atoms with Gasteiger partial charge >= 0.3 is 0 Å². The number of hydrogen-bond donors (Lipinski definition) is 0. The maximum Gasteiger partial charge on any atom is 0.166 e. The van der Waals surface area contributed by atoms with E-state index >= 15 is 0 Å². The SMILES string of the molecule is Cc1cc(C)c(-n2ncc3c2CCCC3=O)c(C)c1. The molecule has 0 radical (unpaired) electrons.